The van der Waals surface area contributed by atoms with Gasteiger partial charge in [0.1, 0.15) is 11.2 Å². The van der Waals surface area contributed by atoms with E-state index in [9.17, 15) is 0 Å². The fraction of sp³-hybridized carbons (Fsp3) is 1.00. The second-order valence-electron chi connectivity index (χ2n) is 10.2. The van der Waals surface area contributed by atoms with Gasteiger partial charge in [-0.1, -0.05) is 74.1 Å². The largest absolute Gasteiger partial charge is 0.239 e. The molecule has 1 aliphatic rings. The Morgan fingerprint density at radius 1 is 0.724 bits per heavy atom. The third-order valence-corrected chi connectivity index (χ3v) is 7.25. The zero-order valence-corrected chi connectivity index (χ0v) is 20.9. The Labute approximate surface area is 181 Å². The van der Waals surface area contributed by atoms with Crippen molar-refractivity contribution < 1.29 is 19.6 Å². The van der Waals surface area contributed by atoms with E-state index in [1.807, 2.05) is 0 Å². The zero-order chi connectivity index (χ0) is 22.1. The van der Waals surface area contributed by atoms with Gasteiger partial charge in [0.2, 0.25) is 5.79 Å². The highest BCUT2D eigenvalue weighted by Crippen LogP contribution is 2.46. The van der Waals surface area contributed by atoms with Crippen LogP contribution in [0.25, 0.3) is 0 Å². The normalized spacial score (nSPS) is 32.0. The SMILES string of the molecule is CCCCC(C)(CC)OOC1(OOC(C)(CC)CCCC)C(C)CC(C)CC1C. The Bertz CT molecular complexity index is 414. The molecule has 0 spiro atoms. The molecule has 0 bridgehead atoms. The molecule has 4 nitrogen and oxygen atoms in total. The summed E-state index contributed by atoms with van der Waals surface area (Å²) in [4.78, 5) is 24.9. The van der Waals surface area contributed by atoms with E-state index < -0.39 is 5.79 Å². The molecule has 0 amide bonds. The van der Waals surface area contributed by atoms with Gasteiger partial charge in [-0.15, -0.1) is 0 Å². The Morgan fingerprint density at radius 2 is 1.10 bits per heavy atom. The molecule has 1 saturated carbocycles. The third-order valence-electron chi connectivity index (χ3n) is 7.25. The van der Waals surface area contributed by atoms with E-state index in [1.165, 1.54) is 0 Å². The molecule has 0 N–H and O–H groups in total. The highest BCUT2D eigenvalue weighted by Gasteiger charge is 2.52. The first-order chi connectivity index (χ1) is 13.6. The minimum atomic E-state index is -0.863. The van der Waals surface area contributed by atoms with Crippen LogP contribution in [0.5, 0.6) is 0 Å². The van der Waals surface area contributed by atoms with Crippen LogP contribution in [0.15, 0.2) is 0 Å². The van der Waals surface area contributed by atoms with Crippen LogP contribution < -0.4 is 0 Å². The summed E-state index contributed by atoms with van der Waals surface area (Å²) in [5.74, 6) is 0.176. The topological polar surface area (TPSA) is 36.9 Å². The zero-order valence-electron chi connectivity index (χ0n) is 20.9. The number of hydrogen-bond acceptors (Lipinski definition) is 4. The monoisotopic (exact) mass is 414 g/mol. The van der Waals surface area contributed by atoms with Crippen LogP contribution in [0, 0.1) is 17.8 Å². The van der Waals surface area contributed by atoms with Gasteiger partial charge >= 0.3 is 0 Å². The first-order valence-corrected chi connectivity index (χ1v) is 12.3. The van der Waals surface area contributed by atoms with Crippen molar-refractivity contribution in [2.24, 2.45) is 17.8 Å². The molecule has 0 aliphatic heterocycles. The summed E-state index contributed by atoms with van der Waals surface area (Å²) >= 11 is 0. The fourth-order valence-corrected chi connectivity index (χ4v) is 4.45. The van der Waals surface area contributed by atoms with E-state index in [-0.39, 0.29) is 23.0 Å². The van der Waals surface area contributed by atoms with E-state index in [2.05, 4.69) is 62.3 Å². The maximum absolute atomic E-state index is 6.29. The van der Waals surface area contributed by atoms with Gasteiger partial charge in [-0.25, -0.2) is 9.78 Å². The molecular weight excluding hydrogens is 364 g/mol. The standard InChI is InChI=1S/C25H50O4/c1-10-14-16-23(8,12-3)26-28-25(21(6)18-20(5)19-22(25)7)29-27-24(9,13-4)17-15-11-2/h20-22H,10-19H2,1-9H3. The van der Waals surface area contributed by atoms with E-state index in [0.717, 1.165) is 64.2 Å². The second kappa shape index (κ2) is 12.0. The fourth-order valence-electron chi connectivity index (χ4n) is 4.45. The van der Waals surface area contributed by atoms with Gasteiger partial charge in [0.05, 0.1) is 0 Å². The Balaban J connectivity index is 3.01. The average molecular weight is 415 g/mol. The number of unbranched alkanes of at least 4 members (excludes halogenated alkanes) is 2. The minimum Gasteiger partial charge on any atom is -0.227 e. The molecule has 0 radical (unpaired) electrons. The molecule has 4 unspecified atom stereocenters. The molecule has 4 atom stereocenters. The predicted molar refractivity (Wildman–Crippen MR) is 120 cm³/mol. The molecule has 1 fully saturated rings. The van der Waals surface area contributed by atoms with Gasteiger partial charge < -0.3 is 0 Å². The Morgan fingerprint density at radius 3 is 1.41 bits per heavy atom. The molecule has 4 heteroatoms. The van der Waals surface area contributed by atoms with Crippen molar-refractivity contribution in [3.63, 3.8) is 0 Å². The third kappa shape index (κ3) is 7.48. The molecule has 29 heavy (non-hydrogen) atoms. The van der Waals surface area contributed by atoms with Crippen molar-refractivity contribution in [2.45, 2.75) is 144 Å². The van der Waals surface area contributed by atoms with Gasteiger partial charge in [0, 0.05) is 11.8 Å². The average Bonchev–Trinajstić information content (AvgIpc) is 2.70. The summed E-state index contributed by atoms with van der Waals surface area (Å²) in [6.07, 6.45) is 10.5. The Hall–Kier alpha value is -0.160. The van der Waals surface area contributed by atoms with Crippen molar-refractivity contribution in [2.75, 3.05) is 0 Å². The summed E-state index contributed by atoms with van der Waals surface area (Å²) < 4.78 is 0. The summed E-state index contributed by atoms with van der Waals surface area (Å²) in [5, 5.41) is 0. The summed E-state index contributed by atoms with van der Waals surface area (Å²) in [5.41, 5.74) is -0.601. The smallest absolute Gasteiger partial charge is 0.227 e. The lowest BCUT2D eigenvalue weighted by atomic mass is 9.72. The highest BCUT2D eigenvalue weighted by atomic mass is 17.3. The van der Waals surface area contributed by atoms with Gasteiger partial charge in [0.25, 0.3) is 0 Å². The van der Waals surface area contributed by atoms with Gasteiger partial charge in [-0.05, 0) is 58.3 Å². The molecular formula is C25H50O4. The molecule has 1 aliphatic carbocycles. The molecule has 1 rings (SSSR count). The summed E-state index contributed by atoms with van der Waals surface area (Å²) in [6.45, 7) is 19.8. The minimum absolute atomic E-state index is 0.195. The highest BCUT2D eigenvalue weighted by molar-refractivity contribution is 4.88. The first kappa shape index (κ1) is 26.9. The molecule has 0 aromatic carbocycles. The number of hydrogen-bond donors (Lipinski definition) is 0. The molecule has 0 heterocycles. The van der Waals surface area contributed by atoms with E-state index in [1.54, 1.807) is 0 Å². The number of rotatable bonds is 14. The van der Waals surface area contributed by atoms with Crippen LogP contribution in [0.4, 0.5) is 0 Å². The maximum atomic E-state index is 6.29. The predicted octanol–water partition coefficient (Wildman–Crippen LogP) is 8.00. The van der Waals surface area contributed by atoms with Gasteiger partial charge in [-0.2, -0.15) is 9.78 Å². The van der Waals surface area contributed by atoms with Crippen LogP contribution in [0.2, 0.25) is 0 Å². The Kier molecular flexibility index (Phi) is 11.1. The van der Waals surface area contributed by atoms with E-state index in [0.29, 0.717) is 5.92 Å². The van der Waals surface area contributed by atoms with Crippen molar-refractivity contribution in [1.29, 1.82) is 0 Å². The molecule has 174 valence electrons. The quantitative estimate of drug-likeness (QED) is 0.164. The van der Waals surface area contributed by atoms with Crippen LogP contribution >= 0.6 is 0 Å². The van der Waals surface area contributed by atoms with Crippen molar-refractivity contribution in [1.82, 2.24) is 0 Å². The lowest BCUT2D eigenvalue weighted by molar-refractivity contribution is -0.570. The molecule has 0 aromatic rings. The van der Waals surface area contributed by atoms with Crippen LogP contribution in [0.1, 0.15) is 127 Å². The van der Waals surface area contributed by atoms with Crippen LogP contribution in [0.3, 0.4) is 0 Å². The second-order valence-corrected chi connectivity index (χ2v) is 10.2. The van der Waals surface area contributed by atoms with Gasteiger partial charge in [-0.3, -0.25) is 0 Å². The lowest BCUT2D eigenvalue weighted by Crippen LogP contribution is -2.54. The van der Waals surface area contributed by atoms with E-state index in [4.69, 9.17) is 19.6 Å². The lowest BCUT2D eigenvalue weighted by Gasteiger charge is -2.48. The van der Waals surface area contributed by atoms with E-state index >= 15 is 0 Å². The maximum Gasteiger partial charge on any atom is 0.239 e. The molecule has 0 aromatic heterocycles. The van der Waals surface area contributed by atoms with Crippen molar-refractivity contribution >= 4 is 0 Å². The van der Waals surface area contributed by atoms with Crippen LogP contribution in [-0.4, -0.2) is 17.0 Å². The molecule has 0 saturated heterocycles. The first-order valence-electron chi connectivity index (χ1n) is 12.3. The summed E-state index contributed by atoms with van der Waals surface area (Å²) in [6, 6.07) is 0. The van der Waals surface area contributed by atoms with Crippen LogP contribution in [-0.2, 0) is 19.6 Å². The summed E-state index contributed by atoms with van der Waals surface area (Å²) in [7, 11) is 0. The van der Waals surface area contributed by atoms with Gasteiger partial charge in [0.15, 0.2) is 0 Å². The van der Waals surface area contributed by atoms with Crippen molar-refractivity contribution in [3.05, 3.63) is 0 Å². The van der Waals surface area contributed by atoms with Crippen molar-refractivity contribution in [3.8, 4) is 0 Å².